The molecule has 1 aliphatic heterocycles. The monoisotopic (exact) mass is 358 g/mol. The van der Waals surface area contributed by atoms with E-state index in [1.165, 1.54) is 0 Å². The Balaban J connectivity index is 1.48. The van der Waals surface area contributed by atoms with Gasteiger partial charge in [-0.3, -0.25) is 0 Å². The summed E-state index contributed by atoms with van der Waals surface area (Å²) in [5, 5.41) is 8.91. The Hall–Kier alpha value is -3.17. The number of rotatable bonds is 4. The molecule has 27 heavy (non-hydrogen) atoms. The molecular weight excluding hydrogens is 336 g/mol. The second-order valence-corrected chi connectivity index (χ2v) is 6.65. The lowest BCUT2D eigenvalue weighted by Crippen LogP contribution is -2.46. The van der Waals surface area contributed by atoms with E-state index in [2.05, 4.69) is 49.9 Å². The number of nitrogens with zero attached hydrogens (tertiary/aromatic N) is 5. The van der Waals surface area contributed by atoms with Gasteiger partial charge in [-0.05, 0) is 30.8 Å². The van der Waals surface area contributed by atoms with Crippen molar-refractivity contribution in [2.75, 3.05) is 37.6 Å². The van der Waals surface area contributed by atoms with Crippen LogP contribution < -0.4 is 4.90 Å². The molecular formula is C21H22N6. The van der Waals surface area contributed by atoms with E-state index in [1.54, 1.807) is 12.1 Å². The summed E-state index contributed by atoms with van der Waals surface area (Å²) in [5.74, 6) is 1.82. The third-order valence-electron chi connectivity index (χ3n) is 5.05. The van der Waals surface area contributed by atoms with Crippen LogP contribution in [0.1, 0.15) is 12.5 Å². The lowest BCUT2D eigenvalue weighted by atomic mass is 10.1. The number of nitrogens with one attached hydrogen (secondary N) is 1. The van der Waals surface area contributed by atoms with Crippen molar-refractivity contribution in [1.29, 1.82) is 5.26 Å². The molecule has 1 aromatic carbocycles. The highest BCUT2D eigenvalue weighted by Crippen LogP contribution is 2.23. The maximum absolute atomic E-state index is 8.91. The van der Waals surface area contributed by atoms with Gasteiger partial charge in [0.2, 0.25) is 0 Å². The second-order valence-electron chi connectivity index (χ2n) is 6.65. The molecule has 0 atom stereocenters. The molecule has 1 fully saturated rings. The summed E-state index contributed by atoms with van der Waals surface area (Å²) in [6.07, 6.45) is 3.76. The fraction of sp³-hybridized carbons (Fsp3) is 0.286. The highest BCUT2D eigenvalue weighted by Gasteiger charge is 2.17. The summed E-state index contributed by atoms with van der Waals surface area (Å²) >= 11 is 0. The fourth-order valence-corrected chi connectivity index (χ4v) is 3.34. The molecule has 136 valence electrons. The molecule has 3 aromatic rings. The highest BCUT2D eigenvalue weighted by molar-refractivity contribution is 5.65. The van der Waals surface area contributed by atoms with Crippen molar-refractivity contribution < 1.29 is 0 Å². The van der Waals surface area contributed by atoms with Crippen molar-refractivity contribution in [3.63, 3.8) is 0 Å². The van der Waals surface area contributed by atoms with Crippen LogP contribution in [-0.2, 0) is 0 Å². The van der Waals surface area contributed by atoms with Crippen LogP contribution in [0.2, 0.25) is 0 Å². The average molecular weight is 358 g/mol. The summed E-state index contributed by atoms with van der Waals surface area (Å²) in [6.45, 7) is 7.53. The minimum Gasteiger partial charge on any atom is -0.354 e. The SMILES string of the molecule is CCN1CCN(c2ccc(-c3nc(-c4ccc(C#N)cc4)c[nH]3)cn2)CC1. The summed E-state index contributed by atoms with van der Waals surface area (Å²) < 4.78 is 0. The number of aromatic nitrogens is 3. The lowest BCUT2D eigenvalue weighted by molar-refractivity contribution is 0.270. The van der Waals surface area contributed by atoms with E-state index in [0.717, 1.165) is 61.2 Å². The van der Waals surface area contributed by atoms with Gasteiger partial charge in [0, 0.05) is 49.7 Å². The van der Waals surface area contributed by atoms with Gasteiger partial charge in [-0.25, -0.2) is 9.97 Å². The maximum Gasteiger partial charge on any atom is 0.139 e. The number of H-pyrrole nitrogens is 1. The Morgan fingerprint density at radius 2 is 1.78 bits per heavy atom. The molecule has 1 saturated heterocycles. The molecule has 1 N–H and O–H groups in total. The maximum atomic E-state index is 8.91. The van der Waals surface area contributed by atoms with Gasteiger partial charge >= 0.3 is 0 Å². The largest absolute Gasteiger partial charge is 0.354 e. The molecule has 0 saturated carbocycles. The third kappa shape index (κ3) is 3.69. The predicted octanol–water partition coefficient (Wildman–Crippen LogP) is 3.15. The van der Waals surface area contributed by atoms with E-state index in [1.807, 2.05) is 24.5 Å². The van der Waals surface area contributed by atoms with Gasteiger partial charge in [0.1, 0.15) is 11.6 Å². The van der Waals surface area contributed by atoms with E-state index in [4.69, 9.17) is 5.26 Å². The fourth-order valence-electron chi connectivity index (χ4n) is 3.34. The summed E-state index contributed by atoms with van der Waals surface area (Å²) in [7, 11) is 0. The van der Waals surface area contributed by atoms with E-state index in [9.17, 15) is 0 Å². The molecule has 0 amide bonds. The highest BCUT2D eigenvalue weighted by atomic mass is 15.3. The van der Waals surface area contributed by atoms with Crippen molar-refractivity contribution in [3.05, 3.63) is 54.4 Å². The molecule has 0 spiro atoms. The molecule has 0 unspecified atom stereocenters. The van der Waals surface area contributed by atoms with Crippen LogP contribution in [0, 0.1) is 11.3 Å². The van der Waals surface area contributed by atoms with Crippen molar-refractivity contribution >= 4 is 5.82 Å². The van der Waals surface area contributed by atoms with Crippen LogP contribution in [0.3, 0.4) is 0 Å². The topological polar surface area (TPSA) is 71.8 Å². The van der Waals surface area contributed by atoms with Crippen LogP contribution in [0.4, 0.5) is 5.82 Å². The number of hydrogen-bond acceptors (Lipinski definition) is 5. The third-order valence-corrected chi connectivity index (χ3v) is 5.05. The normalized spacial score (nSPS) is 14.9. The van der Waals surface area contributed by atoms with Gasteiger partial charge in [-0.2, -0.15) is 5.26 Å². The Kier molecular flexibility index (Phi) is 4.86. The van der Waals surface area contributed by atoms with Crippen LogP contribution >= 0.6 is 0 Å². The molecule has 1 aliphatic rings. The molecule has 4 rings (SSSR count). The number of likely N-dealkylation sites (N-methyl/N-ethyl adjacent to an activating group) is 1. The minimum atomic E-state index is 0.647. The molecule has 2 aromatic heterocycles. The Labute approximate surface area is 159 Å². The van der Waals surface area contributed by atoms with Gasteiger partial charge in [-0.1, -0.05) is 19.1 Å². The Morgan fingerprint density at radius 1 is 1.04 bits per heavy atom. The smallest absolute Gasteiger partial charge is 0.139 e. The number of nitriles is 1. The average Bonchev–Trinajstić information content (AvgIpc) is 3.24. The number of hydrogen-bond donors (Lipinski definition) is 1. The van der Waals surface area contributed by atoms with Crippen molar-refractivity contribution in [3.8, 4) is 28.7 Å². The first-order chi connectivity index (χ1) is 13.3. The van der Waals surface area contributed by atoms with Crippen LogP contribution in [0.15, 0.2) is 48.8 Å². The van der Waals surface area contributed by atoms with Crippen molar-refractivity contribution in [1.82, 2.24) is 19.9 Å². The standard InChI is InChI=1S/C21H22N6/c1-2-26-9-11-27(12-10-26)20-8-7-18(14-23-20)21-24-15-19(25-21)17-5-3-16(13-22)4-6-17/h3-8,14-15H,2,9-12H2,1H3,(H,24,25). The van der Waals surface area contributed by atoms with E-state index in [-0.39, 0.29) is 0 Å². The number of imidazole rings is 1. The van der Waals surface area contributed by atoms with Crippen LogP contribution in [-0.4, -0.2) is 52.6 Å². The quantitative estimate of drug-likeness (QED) is 0.776. The Bertz CT molecular complexity index is 928. The summed E-state index contributed by atoms with van der Waals surface area (Å²) in [6, 6.07) is 13.7. The summed E-state index contributed by atoms with van der Waals surface area (Å²) in [4.78, 5) is 17.3. The Morgan fingerprint density at radius 3 is 2.41 bits per heavy atom. The van der Waals surface area contributed by atoms with Crippen molar-refractivity contribution in [2.24, 2.45) is 0 Å². The molecule has 0 radical (unpaired) electrons. The first kappa shape index (κ1) is 17.3. The molecule has 3 heterocycles. The van der Waals surface area contributed by atoms with Gasteiger partial charge in [0.15, 0.2) is 0 Å². The first-order valence-electron chi connectivity index (χ1n) is 9.26. The molecule has 6 heteroatoms. The van der Waals surface area contributed by atoms with Gasteiger partial charge in [-0.15, -0.1) is 0 Å². The summed E-state index contributed by atoms with van der Waals surface area (Å²) in [5.41, 5.74) is 3.45. The predicted molar refractivity (Wildman–Crippen MR) is 106 cm³/mol. The van der Waals surface area contributed by atoms with E-state index >= 15 is 0 Å². The first-order valence-corrected chi connectivity index (χ1v) is 9.26. The van der Waals surface area contributed by atoms with Gasteiger partial charge < -0.3 is 14.8 Å². The number of piperazine rings is 1. The van der Waals surface area contributed by atoms with Crippen molar-refractivity contribution in [2.45, 2.75) is 6.92 Å². The molecule has 0 aliphatic carbocycles. The molecule has 0 bridgehead atoms. The number of anilines is 1. The van der Waals surface area contributed by atoms with Gasteiger partial charge in [0.25, 0.3) is 0 Å². The zero-order valence-electron chi connectivity index (χ0n) is 15.4. The molecule has 6 nitrogen and oxygen atoms in total. The zero-order chi connectivity index (χ0) is 18.6. The van der Waals surface area contributed by atoms with Gasteiger partial charge in [0.05, 0.1) is 17.3 Å². The lowest BCUT2D eigenvalue weighted by Gasteiger charge is -2.34. The van der Waals surface area contributed by atoms with E-state index in [0.29, 0.717) is 5.56 Å². The minimum absolute atomic E-state index is 0.647. The second kappa shape index (κ2) is 7.60. The van der Waals surface area contributed by atoms with E-state index < -0.39 is 0 Å². The number of aromatic amines is 1. The zero-order valence-corrected chi connectivity index (χ0v) is 15.4. The number of benzene rings is 1. The number of pyridine rings is 1. The van der Waals surface area contributed by atoms with Crippen LogP contribution in [0.25, 0.3) is 22.6 Å². The van der Waals surface area contributed by atoms with Crippen LogP contribution in [0.5, 0.6) is 0 Å².